The summed E-state index contributed by atoms with van der Waals surface area (Å²) in [6.45, 7) is 6.42. The second-order valence-corrected chi connectivity index (χ2v) is 7.79. The molecule has 1 rings (SSSR count). The van der Waals surface area contributed by atoms with E-state index in [-0.39, 0.29) is 6.10 Å². The standard InChI is InChI=1S/C13H28N2O3S/c1-4-8-14-10-12(2)19(16,17)15(3)11-13-7-5-6-9-18-13/h12-14H,4-11H2,1-3H3. The predicted molar refractivity (Wildman–Crippen MR) is 77.8 cm³/mol. The fourth-order valence-electron chi connectivity index (χ4n) is 2.24. The van der Waals surface area contributed by atoms with Gasteiger partial charge < -0.3 is 10.1 Å². The molecule has 19 heavy (non-hydrogen) atoms. The van der Waals surface area contributed by atoms with Gasteiger partial charge in [0, 0.05) is 26.7 Å². The van der Waals surface area contributed by atoms with Gasteiger partial charge >= 0.3 is 0 Å². The third kappa shape index (κ3) is 5.38. The molecule has 0 aliphatic carbocycles. The van der Waals surface area contributed by atoms with E-state index in [4.69, 9.17) is 4.74 Å². The van der Waals surface area contributed by atoms with Crippen LogP contribution in [0, 0.1) is 0 Å². The molecule has 0 saturated carbocycles. The van der Waals surface area contributed by atoms with Crippen molar-refractivity contribution in [3.8, 4) is 0 Å². The summed E-state index contributed by atoms with van der Waals surface area (Å²) in [7, 11) is -1.57. The second-order valence-electron chi connectivity index (χ2n) is 5.33. The fourth-order valence-corrected chi connectivity index (χ4v) is 3.55. The van der Waals surface area contributed by atoms with Crippen LogP contribution < -0.4 is 5.32 Å². The second kappa shape index (κ2) is 8.19. The maximum Gasteiger partial charge on any atom is 0.217 e. The van der Waals surface area contributed by atoms with E-state index >= 15 is 0 Å². The summed E-state index contributed by atoms with van der Waals surface area (Å²) in [5.74, 6) is 0. The molecule has 0 aromatic rings. The zero-order valence-electron chi connectivity index (χ0n) is 12.4. The molecule has 2 unspecified atom stereocenters. The van der Waals surface area contributed by atoms with Crippen molar-refractivity contribution in [2.24, 2.45) is 0 Å². The molecule has 6 heteroatoms. The fraction of sp³-hybridized carbons (Fsp3) is 1.00. The highest BCUT2D eigenvalue weighted by molar-refractivity contribution is 7.89. The van der Waals surface area contributed by atoms with Crippen LogP contribution in [0.25, 0.3) is 0 Å². The lowest BCUT2D eigenvalue weighted by Crippen LogP contribution is -2.44. The van der Waals surface area contributed by atoms with Crippen molar-refractivity contribution in [2.75, 3.05) is 33.3 Å². The molecule has 5 nitrogen and oxygen atoms in total. The summed E-state index contributed by atoms with van der Waals surface area (Å²) >= 11 is 0. The first kappa shape index (κ1) is 16.9. The van der Waals surface area contributed by atoms with Crippen LogP contribution in [0.1, 0.15) is 39.5 Å². The summed E-state index contributed by atoms with van der Waals surface area (Å²) in [5.41, 5.74) is 0. The molecule has 1 fully saturated rings. The highest BCUT2D eigenvalue weighted by Gasteiger charge is 2.28. The van der Waals surface area contributed by atoms with Gasteiger partial charge in [0.15, 0.2) is 0 Å². The monoisotopic (exact) mass is 292 g/mol. The summed E-state index contributed by atoms with van der Waals surface area (Å²) in [6, 6.07) is 0. The van der Waals surface area contributed by atoms with Gasteiger partial charge in [0.25, 0.3) is 0 Å². The van der Waals surface area contributed by atoms with E-state index in [2.05, 4.69) is 12.2 Å². The van der Waals surface area contributed by atoms with Crippen LogP contribution in [0.15, 0.2) is 0 Å². The lowest BCUT2D eigenvalue weighted by atomic mass is 10.1. The Bertz CT molecular complexity index is 340. The zero-order chi connectivity index (χ0) is 14.3. The van der Waals surface area contributed by atoms with Gasteiger partial charge in [0.05, 0.1) is 11.4 Å². The highest BCUT2D eigenvalue weighted by atomic mass is 32.2. The third-order valence-corrected chi connectivity index (χ3v) is 5.74. The van der Waals surface area contributed by atoms with E-state index in [9.17, 15) is 8.42 Å². The van der Waals surface area contributed by atoms with E-state index in [0.717, 1.165) is 38.8 Å². The molecular weight excluding hydrogens is 264 g/mol. The normalized spacial score (nSPS) is 22.6. The molecule has 0 spiro atoms. The minimum absolute atomic E-state index is 0.0596. The van der Waals surface area contributed by atoms with Gasteiger partial charge in [0.2, 0.25) is 10.0 Å². The molecule has 1 heterocycles. The van der Waals surface area contributed by atoms with Gasteiger partial charge in [-0.15, -0.1) is 0 Å². The van der Waals surface area contributed by atoms with Gasteiger partial charge in [-0.05, 0) is 39.2 Å². The number of sulfonamides is 1. The van der Waals surface area contributed by atoms with E-state index in [1.54, 1.807) is 14.0 Å². The molecule has 0 aromatic heterocycles. The molecule has 1 N–H and O–H groups in total. The van der Waals surface area contributed by atoms with Crippen molar-refractivity contribution in [3.05, 3.63) is 0 Å². The van der Waals surface area contributed by atoms with Crippen molar-refractivity contribution in [1.82, 2.24) is 9.62 Å². The van der Waals surface area contributed by atoms with Crippen molar-refractivity contribution in [1.29, 1.82) is 0 Å². The number of hydrogen-bond acceptors (Lipinski definition) is 4. The Hall–Kier alpha value is -0.170. The molecule has 0 aromatic carbocycles. The number of ether oxygens (including phenoxy) is 1. The van der Waals surface area contributed by atoms with Crippen molar-refractivity contribution in [3.63, 3.8) is 0 Å². The quantitative estimate of drug-likeness (QED) is 0.683. The molecule has 0 radical (unpaired) electrons. The predicted octanol–water partition coefficient (Wildman–Crippen LogP) is 1.21. The van der Waals surface area contributed by atoms with Crippen LogP contribution in [0.2, 0.25) is 0 Å². The largest absolute Gasteiger partial charge is 0.377 e. The molecule has 114 valence electrons. The van der Waals surface area contributed by atoms with E-state index in [1.165, 1.54) is 4.31 Å². The van der Waals surface area contributed by atoms with Crippen LogP contribution in [-0.4, -0.2) is 57.4 Å². The highest BCUT2D eigenvalue weighted by Crippen LogP contribution is 2.16. The molecular formula is C13H28N2O3S. The number of nitrogens with one attached hydrogen (secondary N) is 1. The van der Waals surface area contributed by atoms with Crippen LogP contribution in [0.3, 0.4) is 0 Å². The number of rotatable bonds is 8. The zero-order valence-corrected chi connectivity index (χ0v) is 13.2. The van der Waals surface area contributed by atoms with E-state index in [0.29, 0.717) is 13.1 Å². The van der Waals surface area contributed by atoms with Gasteiger partial charge in [-0.3, -0.25) is 0 Å². The summed E-state index contributed by atoms with van der Waals surface area (Å²) < 4.78 is 31.7. The molecule has 1 saturated heterocycles. The molecule has 2 atom stereocenters. The first-order valence-corrected chi connectivity index (χ1v) is 8.76. The maximum atomic E-state index is 12.3. The van der Waals surface area contributed by atoms with E-state index in [1.807, 2.05) is 0 Å². The average Bonchev–Trinajstić information content (AvgIpc) is 2.40. The Morgan fingerprint density at radius 1 is 1.42 bits per heavy atom. The molecule has 0 amide bonds. The minimum Gasteiger partial charge on any atom is -0.377 e. The lowest BCUT2D eigenvalue weighted by Gasteiger charge is -2.28. The first-order chi connectivity index (χ1) is 8.98. The number of likely N-dealkylation sites (N-methyl/N-ethyl adjacent to an activating group) is 1. The van der Waals surface area contributed by atoms with Gasteiger partial charge in [-0.2, -0.15) is 0 Å². The summed E-state index contributed by atoms with van der Waals surface area (Å²) in [4.78, 5) is 0. The Morgan fingerprint density at radius 2 is 2.16 bits per heavy atom. The SMILES string of the molecule is CCCNCC(C)S(=O)(=O)N(C)CC1CCCCO1. The Labute approximate surface area is 117 Å². The van der Waals surface area contributed by atoms with Crippen LogP contribution in [0.4, 0.5) is 0 Å². The van der Waals surface area contributed by atoms with Crippen LogP contribution in [0.5, 0.6) is 0 Å². The molecule has 1 aliphatic heterocycles. The minimum atomic E-state index is -3.23. The van der Waals surface area contributed by atoms with Gasteiger partial charge in [0.1, 0.15) is 0 Å². The van der Waals surface area contributed by atoms with Crippen molar-refractivity contribution < 1.29 is 13.2 Å². The number of hydrogen-bond donors (Lipinski definition) is 1. The van der Waals surface area contributed by atoms with Crippen LogP contribution >= 0.6 is 0 Å². The van der Waals surface area contributed by atoms with E-state index < -0.39 is 15.3 Å². The summed E-state index contributed by atoms with van der Waals surface area (Å²) in [5, 5.41) is 2.77. The van der Waals surface area contributed by atoms with Crippen molar-refractivity contribution >= 4 is 10.0 Å². The smallest absolute Gasteiger partial charge is 0.217 e. The van der Waals surface area contributed by atoms with Crippen LogP contribution in [-0.2, 0) is 14.8 Å². The topological polar surface area (TPSA) is 58.6 Å². The Balaban J connectivity index is 2.45. The number of nitrogens with zero attached hydrogens (tertiary/aromatic N) is 1. The van der Waals surface area contributed by atoms with Gasteiger partial charge in [-0.25, -0.2) is 12.7 Å². The Morgan fingerprint density at radius 3 is 2.74 bits per heavy atom. The maximum absolute atomic E-state index is 12.3. The Kier molecular flexibility index (Phi) is 7.28. The third-order valence-electron chi connectivity index (χ3n) is 3.54. The summed E-state index contributed by atoms with van der Waals surface area (Å²) in [6.07, 6.45) is 4.25. The first-order valence-electron chi connectivity index (χ1n) is 7.26. The molecule has 0 bridgehead atoms. The lowest BCUT2D eigenvalue weighted by molar-refractivity contribution is 0.00850. The van der Waals surface area contributed by atoms with Crippen molar-refractivity contribution in [2.45, 2.75) is 50.9 Å². The van der Waals surface area contributed by atoms with Gasteiger partial charge in [-0.1, -0.05) is 6.92 Å². The molecule has 1 aliphatic rings. The average molecular weight is 292 g/mol.